The van der Waals surface area contributed by atoms with Crippen LogP contribution in [0.5, 0.6) is 5.75 Å². The minimum Gasteiger partial charge on any atom is -0.489 e. The third-order valence-corrected chi connectivity index (χ3v) is 4.78. The number of rotatable bonds is 7. The first-order valence-corrected chi connectivity index (χ1v) is 9.81. The first-order chi connectivity index (χ1) is 13.7. The van der Waals surface area contributed by atoms with E-state index in [1.807, 2.05) is 18.2 Å². The number of aryl methyl sites for hydroxylation is 1. The van der Waals surface area contributed by atoms with E-state index in [0.29, 0.717) is 6.54 Å². The van der Waals surface area contributed by atoms with Crippen LogP contribution in [0.2, 0.25) is 0 Å². The van der Waals surface area contributed by atoms with Crippen molar-refractivity contribution in [2.45, 2.75) is 26.5 Å². The predicted octanol–water partition coefficient (Wildman–Crippen LogP) is 3.50. The van der Waals surface area contributed by atoms with Gasteiger partial charge in [0.1, 0.15) is 11.9 Å². The third-order valence-electron chi connectivity index (χ3n) is 4.78. The van der Waals surface area contributed by atoms with Gasteiger partial charge in [0.05, 0.1) is 6.54 Å². The van der Waals surface area contributed by atoms with Crippen molar-refractivity contribution in [3.05, 3.63) is 71.8 Å². The molecule has 1 unspecified atom stereocenters. The maximum Gasteiger partial charge on any atom is 0.191 e. The number of guanidine groups is 1. The van der Waals surface area contributed by atoms with E-state index in [9.17, 15) is 0 Å². The van der Waals surface area contributed by atoms with Crippen LogP contribution in [0.1, 0.15) is 18.1 Å². The molecule has 0 amide bonds. The highest BCUT2D eigenvalue weighted by Crippen LogP contribution is 2.18. The number of anilines is 1. The smallest absolute Gasteiger partial charge is 0.191 e. The molecule has 148 valence electrons. The van der Waals surface area contributed by atoms with Crippen LogP contribution < -0.4 is 20.3 Å². The Labute approximate surface area is 168 Å². The number of hydrogen-bond acceptors (Lipinski definition) is 3. The van der Waals surface area contributed by atoms with Gasteiger partial charge in [-0.3, -0.25) is 4.99 Å². The highest BCUT2D eigenvalue weighted by Gasteiger charge is 2.09. The molecule has 1 aliphatic rings. The van der Waals surface area contributed by atoms with Gasteiger partial charge < -0.3 is 20.3 Å². The minimum atomic E-state index is 0.0352. The molecule has 1 aliphatic heterocycles. The molecule has 0 radical (unpaired) electrons. The largest absolute Gasteiger partial charge is 0.489 e. The summed E-state index contributed by atoms with van der Waals surface area (Å²) in [5, 5.41) is 6.70. The number of aliphatic imine (C=N–C) groups is 1. The van der Waals surface area contributed by atoms with E-state index in [-0.39, 0.29) is 6.10 Å². The zero-order valence-corrected chi connectivity index (χ0v) is 17.0. The van der Waals surface area contributed by atoms with E-state index in [1.54, 1.807) is 7.05 Å². The summed E-state index contributed by atoms with van der Waals surface area (Å²) in [5.74, 6) is 1.70. The lowest BCUT2D eigenvalue weighted by Gasteiger charge is -2.19. The zero-order valence-electron chi connectivity index (χ0n) is 17.0. The highest BCUT2D eigenvalue weighted by atomic mass is 16.5. The number of benzene rings is 2. The molecule has 2 N–H and O–H groups in total. The molecule has 0 saturated carbocycles. The van der Waals surface area contributed by atoms with Crippen molar-refractivity contribution in [1.82, 2.24) is 10.6 Å². The Bertz CT molecular complexity index is 806. The van der Waals surface area contributed by atoms with Gasteiger partial charge in [0.25, 0.3) is 0 Å². The number of para-hydroxylation sites is 1. The Balaban J connectivity index is 1.43. The van der Waals surface area contributed by atoms with Gasteiger partial charge in [0.2, 0.25) is 0 Å². The maximum atomic E-state index is 6.01. The van der Waals surface area contributed by atoms with Crippen LogP contribution in [0.15, 0.2) is 65.7 Å². The van der Waals surface area contributed by atoms with E-state index in [1.165, 1.54) is 11.3 Å². The predicted molar refractivity (Wildman–Crippen MR) is 117 cm³/mol. The Morgan fingerprint density at radius 1 is 1.07 bits per heavy atom. The van der Waals surface area contributed by atoms with Crippen molar-refractivity contribution < 1.29 is 4.74 Å². The van der Waals surface area contributed by atoms with Crippen LogP contribution in [0.25, 0.3) is 0 Å². The van der Waals surface area contributed by atoms with Gasteiger partial charge in [0.15, 0.2) is 5.96 Å². The van der Waals surface area contributed by atoms with Crippen molar-refractivity contribution in [1.29, 1.82) is 0 Å². The van der Waals surface area contributed by atoms with Gasteiger partial charge in [-0.1, -0.05) is 42.5 Å². The molecule has 28 heavy (non-hydrogen) atoms. The lowest BCUT2D eigenvalue weighted by atomic mass is 10.2. The molecular weight excluding hydrogens is 348 g/mol. The van der Waals surface area contributed by atoms with Crippen molar-refractivity contribution >= 4 is 11.6 Å². The summed E-state index contributed by atoms with van der Waals surface area (Å²) in [5.41, 5.74) is 3.63. The van der Waals surface area contributed by atoms with Crippen molar-refractivity contribution in [2.75, 3.05) is 31.6 Å². The maximum absolute atomic E-state index is 6.01. The fraction of sp³-hybridized carbons (Fsp3) is 0.348. The Morgan fingerprint density at radius 2 is 1.79 bits per heavy atom. The summed E-state index contributed by atoms with van der Waals surface area (Å²) in [6.07, 6.45) is 4.44. The Kier molecular flexibility index (Phi) is 6.95. The van der Waals surface area contributed by atoms with E-state index in [2.05, 4.69) is 76.9 Å². The lowest BCUT2D eigenvalue weighted by molar-refractivity contribution is 0.222. The molecule has 2 aromatic carbocycles. The van der Waals surface area contributed by atoms with Crippen LogP contribution >= 0.6 is 0 Å². The van der Waals surface area contributed by atoms with Crippen LogP contribution in [0, 0.1) is 6.92 Å². The summed E-state index contributed by atoms with van der Waals surface area (Å²) in [7, 11) is 1.78. The average Bonchev–Trinajstić information content (AvgIpc) is 3.25. The molecule has 0 aromatic heterocycles. The molecule has 0 fully saturated rings. The normalized spacial score (nSPS) is 14.8. The second-order valence-electron chi connectivity index (χ2n) is 7.04. The molecule has 0 saturated heterocycles. The standard InChI is InChI=1S/C23H30N4O/c1-18-8-4-5-9-22(18)28-19(2)16-25-23(24-3)26-17-20-10-12-21(13-11-20)27-14-6-7-15-27/h4-13,19H,14-17H2,1-3H3,(H2,24,25,26). The number of nitrogens with one attached hydrogen (secondary N) is 2. The van der Waals surface area contributed by atoms with Gasteiger partial charge in [-0.15, -0.1) is 0 Å². The van der Waals surface area contributed by atoms with E-state index in [4.69, 9.17) is 4.74 Å². The second-order valence-corrected chi connectivity index (χ2v) is 7.04. The van der Waals surface area contributed by atoms with Gasteiger partial charge >= 0.3 is 0 Å². The molecule has 3 rings (SSSR count). The number of nitrogens with zero attached hydrogens (tertiary/aromatic N) is 2. The van der Waals surface area contributed by atoms with Crippen LogP contribution in [-0.2, 0) is 6.54 Å². The molecule has 0 spiro atoms. The average molecular weight is 379 g/mol. The molecule has 0 bridgehead atoms. The zero-order chi connectivity index (χ0) is 19.8. The summed E-state index contributed by atoms with van der Waals surface area (Å²) in [6.45, 7) is 7.51. The summed E-state index contributed by atoms with van der Waals surface area (Å²) in [6, 6.07) is 16.8. The monoisotopic (exact) mass is 378 g/mol. The van der Waals surface area contributed by atoms with Gasteiger partial charge in [-0.25, -0.2) is 0 Å². The third kappa shape index (κ3) is 5.52. The summed E-state index contributed by atoms with van der Waals surface area (Å²) >= 11 is 0. The van der Waals surface area contributed by atoms with E-state index >= 15 is 0 Å². The summed E-state index contributed by atoms with van der Waals surface area (Å²) in [4.78, 5) is 6.64. The van der Waals surface area contributed by atoms with Crippen LogP contribution in [-0.4, -0.2) is 38.7 Å². The van der Waals surface area contributed by atoms with E-state index in [0.717, 1.165) is 36.9 Å². The van der Waals surface area contributed by atoms with Crippen molar-refractivity contribution in [3.8, 4) is 5.75 Å². The molecule has 2 aromatic rings. The van der Waals surface area contributed by atoms with Crippen LogP contribution in [0.3, 0.4) is 0 Å². The lowest BCUT2D eigenvalue weighted by Crippen LogP contribution is -2.41. The fourth-order valence-electron chi connectivity index (χ4n) is 3.11. The summed E-state index contributed by atoms with van der Waals surface area (Å²) < 4.78 is 6.01. The first-order valence-electron chi connectivity index (χ1n) is 9.81. The number of hydrogen-bond donors (Lipinski definition) is 2. The highest BCUT2D eigenvalue weighted by molar-refractivity contribution is 5.79. The molecule has 1 atom stereocenters. The Morgan fingerprint density at radius 3 is 2.46 bits per heavy atom. The quantitative estimate of drug-likeness (QED) is 0.440. The van der Waals surface area contributed by atoms with Gasteiger partial charge in [-0.05, 0) is 43.2 Å². The molecule has 5 nitrogen and oxygen atoms in total. The first kappa shape index (κ1) is 19.8. The van der Waals surface area contributed by atoms with Crippen molar-refractivity contribution in [3.63, 3.8) is 0 Å². The van der Waals surface area contributed by atoms with Crippen molar-refractivity contribution in [2.24, 2.45) is 4.99 Å². The van der Waals surface area contributed by atoms with Crippen LogP contribution in [0.4, 0.5) is 5.69 Å². The van der Waals surface area contributed by atoms with Gasteiger partial charge in [0, 0.05) is 32.4 Å². The molecular formula is C23H30N4O. The Hall–Kier alpha value is -2.95. The van der Waals surface area contributed by atoms with Gasteiger partial charge in [-0.2, -0.15) is 0 Å². The van der Waals surface area contributed by atoms with E-state index < -0.39 is 0 Å². The topological polar surface area (TPSA) is 48.9 Å². The number of ether oxygens (including phenoxy) is 1. The molecule has 0 aliphatic carbocycles. The fourth-order valence-corrected chi connectivity index (χ4v) is 3.11. The molecule has 5 heteroatoms. The second kappa shape index (κ2) is 9.83. The minimum absolute atomic E-state index is 0.0352. The SMILES string of the molecule is CN=C(NCc1ccc(N2CC=CC2)cc1)NCC(C)Oc1ccccc1C. The molecule has 1 heterocycles.